The lowest BCUT2D eigenvalue weighted by molar-refractivity contribution is -0.0316. The number of nitrogens with zero attached hydrogens (tertiary/aromatic N) is 1. The Labute approximate surface area is 160 Å². The third-order valence-corrected chi connectivity index (χ3v) is 6.93. The van der Waals surface area contributed by atoms with E-state index < -0.39 is 21.8 Å². The van der Waals surface area contributed by atoms with Crippen LogP contribution >= 0.6 is 0 Å². The molecule has 2 aliphatic rings. The van der Waals surface area contributed by atoms with Gasteiger partial charge in [-0.3, -0.25) is 0 Å². The van der Waals surface area contributed by atoms with Crippen LogP contribution < -0.4 is 10.2 Å². The van der Waals surface area contributed by atoms with Crippen molar-refractivity contribution in [1.29, 1.82) is 0 Å². The highest BCUT2D eigenvalue weighted by Gasteiger charge is 2.47. The molecule has 2 heterocycles. The summed E-state index contributed by atoms with van der Waals surface area (Å²) in [6.07, 6.45) is 0.369. The van der Waals surface area contributed by atoms with Crippen molar-refractivity contribution in [2.45, 2.75) is 43.9 Å². The van der Waals surface area contributed by atoms with Gasteiger partial charge in [0.05, 0.1) is 24.2 Å². The van der Waals surface area contributed by atoms with Crippen molar-refractivity contribution < 1.29 is 17.9 Å². The van der Waals surface area contributed by atoms with E-state index in [1.807, 2.05) is 32.9 Å². The van der Waals surface area contributed by atoms with Gasteiger partial charge in [0.2, 0.25) is 0 Å². The highest BCUT2D eigenvalue weighted by molar-refractivity contribution is 7.89. The molecule has 1 fully saturated rings. The molecule has 0 aromatic heterocycles. The summed E-state index contributed by atoms with van der Waals surface area (Å²) in [6.45, 7) is 6.65. The molecule has 4 rings (SSSR count). The van der Waals surface area contributed by atoms with Crippen LogP contribution in [0.1, 0.15) is 42.3 Å². The van der Waals surface area contributed by atoms with Crippen molar-refractivity contribution in [2.75, 3.05) is 13.7 Å². The lowest BCUT2D eigenvalue weighted by atomic mass is 9.87. The molecular weight excluding hydrogens is 364 g/mol. The van der Waals surface area contributed by atoms with E-state index in [0.29, 0.717) is 12.4 Å². The number of sulfonamides is 1. The van der Waals surface area contributed by atoms with Gasteiger partial charge in [-0.1, -0.05) is 17.7 Å². The van der Waals surface area contributed by atoms with E-state index >= 15 is 0 Å². The molecule has 0 amide bonds. The van der Waals surface area contributed by atoms with E-state index in [1.165, 1.54) is 9.98 Å². The van der Waals surface area contributed by atoms with Crippen LogP contribution in [0.25, 0.3) is 0 Å². The fraction of sp³-hybridized carbons (Fsp3) is 0.400. The summed E-state index contributed by atoms with van der Waals surface area (Å²) in [4.78, 5) is 0.267. The van der Waals surface area contributed by atoms with Gasteiger partial charge in [-0.25, -0.2) is 13.8 Å². The Kier molecular flexibility index (Phi) is 4.31. The average molecular weight is 388 g/mol. The molecule has 0 bridgehead atoms. The van der Waals surface area contributed by atoms with Gasteiger partial charge in [0.25, 0.3) is 10.0 Å². The maximum Gasteiger partial charge on any atom is 0.257 e. The quantitative estimate of drug-likeness (QED) is 0.815. The summed E-state index contributed by atoms with van der Waals surface area (Å²) in [7, 11) is -2.01. The molecule has 0 spiro atoms. The third-order valence-electron chi connectivity index (χ3n) is 5.23. The van der Waals surface area contributed by atoms with Gasteiger partial charge in [0.15, 0.2) is 0 Å². The molecule has 2 unspecified atom stereocenters. The van der Waals surface area contributed by atoms with E-state index in [2.05, 4.69) is 5.43 Å². The molecule has 2 atom stereocenters. The lowest BCUT2D eigenvalue weighted by Gasteiger charge is -2.33. The number of hydrogen-bond donors (Lipinski definition) is 1. The van der Waals surface area contributed by atoms with Crippen molar-refractivity contribution in [3.05, 3.63) is 58.7 Å². The minimum absolute atomic E-state index is 0.267. The van der Waals surface area contributed by atoms with Crippen LogP contribution in [0.3, 0.4) is 0 Å². The topological polar surface area (TPSA) is 77.5 Å². The van der Waals surface area contributed by atoms with Gasteiger partial charge in [0.1, 0.15) is 11.9 Å². The minimum atomic E-state index is -3.62. The Balaban J connectivity index is 1.70. The van der Waals surface area contributed by atoms with E-state index in [0.717, 1.165) is 23.1 Å². The van der Waals surface area contributed by atoms with Gasteiger partial charge < -0.3 is 9.47 Å². The SMILES string of the molecule is COc1cc2c(cc1C1NN1S(=O)(=O)c1ccc(C)cc1)C(C)(C)OCC2. The normalized spacial score (nSPS) is 23.6. The van der Waals surface area contributed by atoms with Crippen LogP contribution in [0.2, 0.25) is 0 Å². The van der Waals surface area contributed by atoms with Crippen LogP contribution in [0.4, 0.5) is 0 Å². The van der Waals surface area contributed by atoms with Crippen LogP contribution in [0.15, 0.2) is 41.3 Å². The molecule has 1 N–H and O–H groups in total. The number of nitrogens with one attached hydrogen (secondary N) is 1. The van der Waals surface area contributed by atoms with E-state index in [9.17, 15) is 8.42 Å². The number of aryl methyl sites for hydroxylation is 1. The smallest absolute Gasteiger partial charge is 0.257 e. The number of ether oxygens (including phenoxy) is 2. The monoisotopic (exact) mass is 388 g/mol. The second-order valence-corrected chi connectivity index (χ2v) is 9.32. The first-order valence-electron chi connectivity index (χ1n) is 8.96. The predicted octanol–water partition coefficient (Wildman–Crippen LogP) is 3.02. The number of benzene rings is 2. The zero-order valence-corrected chi connectivity index (χ0v) is 16.8. The molecule has 1 saturated heterocycles. The van der Waals surface area contributed by atoms with Crippen LogP contribution in [0, 0.1) is 6.92 Å². The lowest BCUT2D eigenvalue weighted by Crippen LogP contribution is -2.29. The first-order chi connectivity index (χ1) is 12.7. The van der Waals surface area contributed by atoms with Crippen LogP contribution in [0.5, 0.6) is 5.75 Å². The Bertz CT molecular complexity index is 984. The fourth-order valence-electron chi connectivity index (χ4n) is 3.61. The largest absolute Gasteiger partial charge is 0.496 e. The molecule has 2 aromatic rings. The zero-order chi connectivity index (χ0) is 19.4. The van der Waals surface area contributed by atoms with Gasteiger partial charge in [0, 0.05) is 5.56 Å². The molecule has 144 valence electrons. The summed E-state index contributed by atoms with van der Waals surface area (Å²) in [6, 6.07) is 10.9. The molecule has 7 heteroatoms. The molecule has 0 saturated carbocycles. The zero-order valence-electron chi connectivity index (χ0n) is 15.9. The van der Waals surface area contributed by atoms with Crippen molar-refractivity contribution in [1.82, 2.24) is 9.84 Å². The van der Waals surface area contributed by atoms with E-state index in [-0.39, 0.29) is 4.90 Å². The number of rotatable bonds is 4. The second-order valence-electron chi connectivity index (χ2n) is 7.51. The van der Waals surface area contributed by atoms with Gasteiger partial charge in [-0.2, -0.15) is 0 Å². The van der Waals surface area contributed by atoms with E-state index in [1.54, 1.807) is 31.4 Å². The molecule has 0 radical (unpaired) electrons. The van der Waals surface area contributed by atoms with Crippen LogP contribution in [-0.2, 0) is 26.8 Å². The van der Waals surface area contributed by atoms with Crippen molar-refractivity contribution in [2.24, 2.45) is 0 Å². The number of fused-ring (bicyclic) bond motifs is 1. The number of hydrazine groups is 1. The van der Waals surface area contributed by atoms with Crippen molar-refractivity contribution in [3.63, 3.8) is 0 Å². The fourth-order valence-corrected chi connectivity index (χ4v) is 4.94. The Morgan fingerprint density at radius 3 is 2.59 bits per heavy atom. The Hall–Kier alpha value is -1.93. The molecule has 2 aliphatic heterocycles. The average Bonchev–Trinajstić information content (AvgIpc) is 3.42. The first kappa shape index (κ1) is 18.4. The molecule has 6 nitrogen and oxygen atoms in total. The highest BCUT2D eigenvalue weighted by Crippen LogP contribution is 2.43. The minimum Gasteiger partial charge on any atom is -0.496 e. The third kappa shape index (κ3) is 3.14. The summed E-state index contributed by atoms with van der Waals surface area (Å²) in [5, 5.41) is 0. The summed E-state index contributed by atoms with van der Waals surface area (Å²) < 4.78 is 38.5. The Morgan fingerprint density at radius 1 is 1.22 bits per heavy atom. The molecule has 0 aliphatic carbocycles. The second kappa shape index (κ2) is 6.31. The molecular formula is C20H24N2O4S. The van der Waals surface area contributed by atoms with Gasteiger partial charge in [-0.05, 0) is 62.6 Å². The maximum absolute atomic E-state index is 12.9. The van der Waals surface area contributed by atoms with Crippen molar-refractivity contribution in [3.8, 4) is 5.75 Å². The first-order valence-corrected chi connectivity index (χ1v) is 10.4. The summed E-state index contributed by atoms with van der Waals surface area (Å²) in [5.41, 5.74) is 6.63. The number of methoxy groups -OCH3 is 1. The van der Waals surface area contributed by atoms with Gasteiger partial charge >= 0.3 is 0 Å². The predicted molar refractivity (Wildman–Crippen MR) is 102 cm³/mol. The number of hydrogen-bond acceptors (Lipinski definition) is 5. The summed E-state index contributed by atoms with van der Waals surface area (Å²) in [5.74, 6) is 0.686. The highest BCUT2D eigenvalue weighted by atomic mass is 32.2. The standard InChI is InChI=1S/C20H24N2O4S/c1-13-5-7-15(8-6-13)27(23,24)22-19(21-22)16-12-17-14(11-18(16)25-4)9-10-26-20(17,2)3/h5-8,11-12,19,21H,9-10H2,1-4H3. The Morgan fingerprint density at radius 2 is 1.93 bits per heavy atom. The van der Waals surface area contributed by atoms with Crippen molar-refractivity contribution >= 4 is 10.0 Å². The maximum atomic E-state index is 12.9. The molecule has 27 heavy (non-hydrogen) atoms. The van der Waals surface area contributed by atoms with Crippen LogP contribution in [-0.4, -0.2) is 26.5 Å². The summed E-state index contributed by atoms with van der Waals surface area (Å²) >= 11 is 0. The van der Waals surface area contributed by atoms with Gasteiger partial charge in [-0.15, -0.1) is 4.41 Å². The molecule has 2 aromatic carbocycles. The van der Waals surface area contributed by atoms with E-state index in [4.69, 9.17) is 9.47 Å².